The Morgan fingerprint density at radius 3 is 2.61 bits per heavy atom. The van der Waals surface area contributed by atoms with Crippen LogP contribution in [0.15, 0.2) is 28.3 Å². The van der Waals surface area contributed by atoms with Gasteiger partial charge < -0.3 is 15.1 Å². The van der Waals surface area contributed by atoms with Crippen molar-refractivity contribution in [2.45, 2.75) is 42.6 Å². The summed E-state index contributed by atoms with van der Waals surface area (Å²) in [5, 5.41) is 6.66. The van der Waals surface area contributed by atoms with Crippen molar-refractivity contribution in [1.29, 1.82) is 0 Å². The fourth-order valence-electron chi connectivity index (χ4n) is 4.27. The monoisotopic (exact) mass is 472 g/mol. The Balaban J connectivity index is 1.29. The Kier molecular flexibility index (Phi) is 6.52. The van der Waals surface area contributed by atoms with Gasteiger partial charge in [-0.05, 0) is 44.1 Å². The number of oxime groups is 1. The van der Waals surface area contributed by atoms with Gasteiger partial charge in [-0.3, -0.25) is 4.79 Å². The normalized spacial score (nSPS) is 21.8. The Bertz CT molecular complexity index is 973. The van der Waals surface area contributed by atoms with Gasteiger partial charge >= 0.3 is 0 Å². The smallest absolute Gasteiger partial charge is 0.269 e. The molecule has 170 valence electrons. The van der Waals surface area contributed by atoms with E-state index in [-0.39, 0.29) is 28.9 Å². The van der Waals surface area contributed by atoms with Gasteiger partial charge in [0.2, 0.25) is 10.0 Å². The molecule has 3 aliphatic heterocycles. The van der Waals surface area contributed by atoms with Crippen LogP contribution in [0.25, 0.3) is 0 Å². The number of carbonyl (C=O) groups excluding carboxylic acids is 1. The fourth-order valence-corrected chi connectivity index (χ4v) is 5.98. The fraction of sp³-hybridized carbons (Fsp3) is 0.600. The zero-order valence-electron chi connectivity index (χ0n) is 17.1. The number of sulfonamides is 1. The predicted molar refractivity (Wildman–Crippen MR) is 114 cm³/mol. The molecule has 0 bridgehead atoms. The number of halogens is 2. The molecule has 0 saturated carbocycles. The van der Waals surface area contributed by atoms with Gasteiger partial charge in [0.1, 0.15) is 17.1 Å². The van der Waals surface area contributed by atoms with Gasteiger partial charge in [0.25, 0.3) is 5.91 Å². The molecular formula is C20H26ClFN4O4S. The van der Waals surface area contributed by atoms with Crippen LogP contribution in [0.4, 0.5) is 4.39 Å². The molecule has 4 rings (SSSR count). The molecule has 0 aromatic heterocycles. The van der Waals surface area contributed by atoms with Crippen molar-refractivity contribution in [1.82, 2.24) is 14.5 Å². The lowest BCUT2D eigenvalue weighted by molar-refractivity contribution is -0.115. The zero-order valence-corrected chi connectivity index (χ0v) is 18.7. The van der Waals surface area contributed by atoms with E-state index in [9.17, 15) is 17.6 Å². The number of hydrogen-bond acceptors (Lipinski definition) is 6. The lowest BCUT2D eigenvalue weighted by Gasteiger charge is -2.36. The van der Waals surface area contributed by atoms with Crippen LogP contribution < -0.4 is 5.32 Å². The van der Waals surface area contributed by atoms with E-state index in [1.54, 1.807) is 0 Å². The van der Waals surface area contributed by atoms with Gasteiger partial charge in [-0.25, -0.2) is 12.8 Å². The average Bonchev–Trinajstić information content (AvgIpc) is 3.41. The minimum Gasteiger partial charge on any atom is -0.388 e. The van der Waals surface area contributed by atoms with E-state index in [0.717, 1.165) is 31.8 Å². The molecule has 0 unspecified atom stereocenters. The van der Waals surface area contributed by atoms with Crippen molar-refractivity contribution in [3.05, 3.63) is 29.0 Å². The Morgan fingerprint density at radius 2 is 1.94 bits per heavy atom. The number of nitrogens with one attached hydrogen (secondary N) is 1. The van der Waals surface area contributed by atoms with Gasteiger partial charge in [0.15, 0.2) is 0 Å². The maximum Gasteiger partial charge on any atom is 0.269 e. The lowest BCUT2D eigenvalue weighted by atomic mass is 9.87. The van der Waals surface area contributed by atoms with E-state index in [4.69, 9.17) is 16.4 Å². The summed E-state index contributed by atoms with van der Waals surface area (Å²) in [6.45, 7) is 3.98. The van der Waals surface area contributed by atoms with E-state index in [1.165, 1.54) is 23.2 Å². The number of carbonyl (C=O) groups is 1. The predicted octanol–water partition coefficient (Wildman–Crippen LogP) is 1.99. The summed E-state index contributed by atoms with van der Waals surface area (Å²) in [7, 11) is -3.79. The molecule has 2 saturated heterocycles. The van der Waals surface area contributed by atoms with Gasteiger partial charge in [-0.1, -0.05) is 16.8 Å². The van der Waals surface area contributed by atoms with Crippen LogP contribution in [0.2, 0.25) is 5.02 Å². The standard InChI is InChI=1S/C20H26ClFN4O4S/c21-16-13-15(3-4-17(16)22)31(28,29)26-10-5-20(6-11-26)14-18(24-30-20)19(27)23-7-12-25-8-1-2-9-25/h3-4,13H,1-2,5-12,14H2,(H,23,27). The van der Waals surface area contributed by atoms with Crippen molar-refractivity contribution in [3.63, 3.8) is 0 Å². The van der Waals surface area contributed by atoms with Crippen LogP contribution >= 0.6 is 11.6 Å². The zero-order chi connectivity index (χ0) is 22.1. The molecular weight excluding hydrogens is 447 g/mol. The molecule has 0 aliphatic carbocycles. The summed E-state index contributed by atoms with van der Waals surface area (Å²) < 4.78 is 40.4. The third-order valence-corrected chi connectivity index (χ3v) is 8.36. The molecule has 2 fully saturated rings. The van der Waals surface area contributed by atoms with Crippen LogP contribution in [0.1, 0.15) is 32.1 Å². The first kappa shape index (κ1) is 22.4. The van der Waals surface area contributed by atoms with Crippen molar-refractivity contribution in [3.8, 4) is 0 Å². The minimum atomic E-state index is -3.79. The second-order valence-corrected chi connectivity index (χ2v) is 10.6. The molecule has 3 aliphatic rings. The maximum absolute atomic E-state index is 13.4. The van der Waals surface area contributed by atoms with E-state index in [1.807, 2.05) is 0 Å². The number of nitrogens with zero attached hydrogens (tertiary/aromatic N) is 3. The number of piperidine rings is 1. The largest absolute Gasteiger partial charge is 0.388 e. The molecule has 0 atom stereocenters. The highest BCUT2D eigenvalue weighted by atomic mass is 35.5. The highest BCUT2D eigenvalue weighted by Crippen LogP contribution is 2.36. The molecule has 0 radical (unpaired) electrons. The molecule has 1 aromatic carbocycles. The first-order valence-electron chi connectivity index (χ1n) is 10.5. The molecule has 1 aromatic rings. The molecule has 11 heteroatoms. The van der Waals surface area contributed by atoms with Crippen LogP contribution in [0.3, 0.4) is 0 Å². The Morgan fingerprint density at radius 1 is 1.23 bits per heavy atom. The highest BCUT2D eigenvalue weighted by molar-refractivity contribution is 7.89. The van der Waals surface area contributed by atoms with Gasteiger partial charge in [0.05, 0.1) is 9.92 Å². The lowest BCUT2D eigenvalue weighted by Crippen LogP contribution is -2.47. The average molecular weight is 473 g/mol. The van der Waals surface area contributed by atoms with E-state index >= 15 is 0 Å². The Labute approximate surface area is 186 Å². The molecule has 8 nitrogen and oxygen atoms in total. The van der Waals surface area contributed by atoms with Crippen molar-refractivity contribution in [2.24, 2.45) is 5.16 Å². The second kappa shape index (κ2) is 9.01. The van der Waals surface area contributed by atoms with Gasteiger partial charge in [-0.2, -0.15) is 4.31 Å². The molecule has 1 N–H and O–H groups in total. The van der Waals surface area contributed by atoms with Crippen LogP contribution in [-0.4, -0.2) is 74.1 Å². The third-order valence-electron chi connectivity index (χ3n) is 6.18. The van der Waals surface area contributed by atoms with Crippen molar-refractivity contribution < 1.29 is 22.4 Å². The summed E-state index contributed by atoms with van der Waals surface area (Å²) in [6, 6.07) is 3.38. The second-order valence-electron chi connectivity index (χ2n) is 8.27. The molecule has 1 spiro atoms. The minimum absolute atomic E-state index is 0.0449. The van der Waals surface area contributed by atoms with E-state index in [2.05, 4.69) is 15.4 Å². The first-order valence-corrected chi connectivity index (χ1v) is 12.3. The van der Waals surface area contributed by atoms with Crippen LogP contribution in [0, 0.1) is 5.82 Å². The quantitative estimate of drug-likeness (QED) is 0.683. The van der Waals surface area contributed by atoms with Gasteiger partial charge in [-0.15, -0.1) is 0 Å². The first-order chi connectivity index (χ1) is 14.8. The number of rotatable bonds is 6. The number of amides is 1. The summed E-state index contributed by atoms with van der Waals surface area (Å²) in [5.41, 5.74) is -0.309. The number of benzene rings is 1. The summed E-state index contributed by atoms with van der Waals surface area (Å²) >= 11 is 5.74. The number of hydrogen-bond donors (Lipinski definition) is 1. The van der Waals surface area contributed by atoms with Gasteiger partial charge in [0, 0.05) is 45.4 Å². The SMILES string of the molecule is O=C(NCCN1CCCC1)C1=NOC2(CCN(S(=O)(=O)c3ccc(F)c(Cl)c3)CC2)C1. The summed E-state index contributed by atoms with van der Waals surface area (Å²) in [5.74, 6) is -0.895. The topological polar surface area (TPSA) is 91.3 Å². The molecule has 31 heavy (non-hydrogen) atoms. The van der Waals surface area contributed by atoms with E-state index in [0.29, 0.717) is 31.5 Å². The molecule has 3 heterocycles. The highest BCUT2D eigenvalue weighted by Gasteiger charge is 2.45. The number of likely N-dealkylation sites (tertiary alicyclic amines) is 1. The summed E-state index contributed by atoms with van der Waals surface area (Å²) in [4.78, 5) is 20.3. The maximum atomic E-state index is 13.4. The van der Waals surface area contributed by atoms with E-state index < -0.39 is 21.4 Å². The van der Waals surface area contributed by atoms with Crippen LogP contribution in [0.5, 0.6) is 0 Å². The Hall–Kier alpha value is -1.75. The third kappa shape index (κ3) is 4.87. The van der Waals surface area contributed by atoms with Crippen LogP contribution in [-0.2, 0) is 19.7 Å². The van der Waals surface area contributed by atoms with Crippen molar-refractivity contribution in [2.75, 3.05) is 39.3 Å². The van der Waals surface area contributed by atoms with Crippen molar-refractivity contribution >= 4 is 33.2 Å². The summed E-state index contributed by atoms with van der Waals surface area (Å²) in [6.07, 6.45) is 3.60. The molecule has 1 amide bonds.